The van der Waals surface area contributed by atoms with E-state index in [9.17, 15) is 0 Å². The van der Waals surface area contributed by atoms with Crippen LogP contribution in [-0.2, 0) is 19.9 Å². The van der Waals surface area contributed by atoms with Crippen LogP contribution in [0.4, 0.5) is 0 Å². The first-order valence-electron chi connectivity index (χ1n) is 6.63. The summed E-state index contributed by atoms with van der Waals surface area (Å²) in [5, 5.41) is 11.9. The van der Waals surface area contributed by atoms with Crippen molar-refractivity contribution in [3.63, 3.8) is 0 Å². The maximum Gasteiger partial charge on any atom is 0.138 e. The van der Waals surface area contributed by atoms with Gasteiger partial charge in [0, 0.05) is 13.5 Å². The van der Waals surface area contributed by atoms with Gasteiger partial charge in [-0.1, -0.05) is 18.3 Å². The van der Waals surface area contributed by atoms with Gasteiger partial charge in [-0.2, -0.15) is 5.10 Å². The van der Waals surface area contributed by atoms with Crippen molar-refractivity contribution in [3.8, 4) is 0 Å². The molecule has 0 aromatic carbocycles. The molecule has 0 spiro atoms. The Bertz CT molecular complexity index is 506. The van der Waals surface area contributed by atoms with Crippen LogP contribution >= 0.6 is 11.5 Å². The first-order valence-corrected chi connectivity index (χ1v) is 7.40. The molecule has 0 amide bonds. The normalized spacial score (nSPS) is 12.8. The monoisotopic (exact) mass is 280 g/mol. The zero-order valence-electron chi connectivity index (χ0n) is 11.6. The van der Waals surface area contributed by atoms with Crippen molar-refractivity contribution >= 4 is 11.5 Å². The van der Waals surface area contributed by atoms with Crippen LogP contribution < -0.4 is 5.32 Å². The van der Waals surface area contributed by atoms with Gasteiger partial charge >= 0.3 is 0 Å². The number of nitrogens with one attached hydrogen (secondary N) is 1. The second kappa shape index (κ2) is 6.72. The second-order valence-corrected chi connectivity index (χ2v) is 5.23. The van der Waals surface area contributed by atoms with Crippen LogP contribution in [0.5, 0.6) is 0 Å². The molecule has 1 atom stereocenters. The quantitative estimate of drug-likeness (QED) is 0.832. The molecule has 0 aliphatic carbocycles. The maximum atomic E-state index is 4.30. The van der Waals surface area contributed by atoms with Crippen LogP contribution in [0.25, 0.3) is 0 Å². The Balaban J connectivity index is 2.18. The fraction of sp³-hybridized carbons (Fsp3) is 0.667. The molecule has 2 heterocycles. The van der Waals surface area contributed by atoms with Gasteiger partial charge in [0.15, 0.2) is 0 Å². The van der Waals surface area contributed by atoms with E-state index in [2.05, 4.69) is 38.8 Å². The van der Waals surface area contributed by atoms with Crippen LogP contribution in [0.15, 0.2) is 6.33 Å². The summed E-state index contributed by atoms with van der Waals surface area (Å²) >= 11 is 1.48. The summed E-state index contributed by atoms with van der Waals surface area (Å²) in [5.74, 6) is 0.976. The molecule has 0 saturated heterocycles. The zero-order chi connectivity index (χ0) is 13.7. The zero-order valence-corrected chi connectivity index (χ0v) is 12.4. The minimum absolute atomic E-state index is 0.220. The molecule has 7 heteroatoms. The molecular weight excluding hydrogens is 260 g/mol. The lowest BCUT2D eigenvalue weighted by Gasteiger charge is -2.17. The molecule has 0 aliphatic heterocycles. The summed E-state index contributed by atoms with van der Waals surface area (Å²) in [5.41, 5.74) is 1.08. The van der Waals surface area contributed by atoms with Crippen molar-refractivity contribution < 1.29 is 0 Å². The van der Waals surface area contributed by atoms with Crippen molar-refractivity contribution in [3.05, 3.63) is 22.7 Å². The van der Waals surface area contributed by atoms with Crippen LogP contribution in [0, 0.1) is 0 Å². The van der Waals surface area contributed by atoms with E-state index in [1.54, 1.807) is 6.33 Å². The molecule has 2 rings (SSSR count). The lowest BCUT2D eigenvalue weighted by atomic mass is 10.1. The van der Waals surface area contributed by atoms with E-state index in [0.29, 0.717) is 0 Å². The molecule has 19 heavy (non-hydrogen) atoms. The summed E-state index contributed by atoms with van der Waals surface area (Å²) in [6.07, 6.45) is 4.42. The molecular formula is C12H20N6S. The topological polar surface area (TPSA) is 68.5 Å². The van der Waals surface area contributed by atoms with Gasteiger partial charge in [0.05, 0.1) is 16.6 Å². The predicted octanol–water partition coefficient (Wildman–Crippen LogP) is 1.51. The highest BCUT2D eigenvalue weighted by molar-refractivity contribution is 7.05. The van der Waals surface area contributed by atoms with E-state index in [1.165, 1.54) is 16.4 Å². The average molecular weight is 280 g/mol. The second-order valence-electron chi connectivity index (χ2n) is 4.45. The van der Waals surface area contributed by atoms with Crippen molar-refractivity contribution in [2.75, 3.05) is 6.54 Å². The summed E-state index contributed by atoms with van der Waals surface area (Å²) in [6, 6.07) is 0.220. The van der Waals surface area contributed by atoms with Gasteiger partial charge < -0.3 is 5.32 Å². The van der Waals surface area contributed by atoms with Crippen LogP contribution in [-0.4, -0.2) is 30.9 Å². The third kappa shape index (κ3) is 3.36. The van der Waals surface area contributed by atoms with E-state index < -0.39 is 0 Å². The molecule has 2 aromatic rings. The molecule has 0 fully saturated rings. The van der Waals surface area contributed by atoms with Gasteiger partial charge in [0.25, 0.3) is 0 Å². The van der Waals surface area contributed by atoms with E-state index in [-0.39, 0.29) is 6.04 Å². The van der Waals surface area contributed by atoms with Crippen LogP contribution in [0.3, 0.4) is 0 Å². The Morgan fingerprint density at radius 1 is 1.42 bits per heavy atom. The van der Waals surface area contributed by atoms with E-state index in [1.807, 2.05) is 11.7 Å². The number of aryl methyl sites for hydroxylation is 2. The fourth-order valence-electron chi connectivity index (χ4n) is 1.99. The molecule has 2 aromatic heterocycles. The van der Waals surface area contributed by atoms with E-state index in [0.717, 1.165) is 37.3 Å². The average Bonchev–Trinajstić information content (AvgIpc) is 3.03. The number of hydrogen-bond acceptors (Lipinski definition) is 6. The lowest BCUT2D eigenvalue weighted by Crippen LogP contribution is -2.25. The van der Waals surface area contributed by atoms with Gasteiger partial charge in [-0.25, -0.2) is 4.98 Å². The molecule has 0 bridgehead atoms. The molecule has 0 aliphatic rings. The van der Waals surface area contributed by atoms with Crippen molar-refractivity contribution in [2.24, 2.45) is 7.05 Å². The molecule has 1 N–H and O–H groups in total. The molecule has 0 saturated carbocycles. The van der Waals surface area contributed by atoms with Gasteiger partial charge in [-0.3, -0.25) is 4.68 Å². The first kappa shape index (κ1) is 14.1. The Morgan fingerprint density at radius 3 is 2.89 bits per heavy atom. The number of aromatic nitrogens is 5. The summed E-state index contributed by atoms with van der Waals surface area (Å²) in [4.78, 5) is 5.53. The van der Waals surface area contributed by atoms with Gasteiger partial charge in [-0.15, -0.1) is 5.10 Å². The third-order valence-corrected chi connectivity index (χ3v) is 3.95. The van der Waals surface area contributed by atoms with E-state index >= 15 is 0 Å². The van der Waals surface area contributed by atoms with Gasteiger partial charge in [0.2, 0.25) is 0 Å². The molecule has 0 radical (unpaired) electrons. The molecule has 1 unspecified atom stereocenters. The Hall–Kier alpha value is -1.34. The summed E-state index contributed by atoms with van der Waals surface area (Å²) in [6.45, 7) is 5.25. The standard InChI is InChI=1S/C12H20N6S/c1-4-6-13-10(7-11-14-8-15-18(11)3)12-9(5-2)16-17-19-12/h8,10,13H,4-7H2,1-3H3. The number of rotatable bonds is 7. The minimum Gasteiger partial charge on any atom is -0.309 e. The van der Waals surface area contributed by atoms with Crippen molar-refractivity contribution in [1.82, 2.24) is 29.7 Å². The Morgan fingerprint density at radius 2 is 2.26 bits per heavy atom. The van der Waals surface area contributed by atoms with Crippen molar-refractivity contribution in [2.45, 2.75) is 39.2 Å². The maximum absolute atomic E-state index is 4.30. The van der Waals surface area contributed by atoms with Crippen LogP contribution in [0.1, 0.15) is 42.7 Å². The van der Waals surface area contributed by atoms with Gasteiger partial charge in [-0.05, 0) is 30.9 Å². The minimum atomic E-state index is 0.220. The molecule has 6 nitrogen and oxygen atoms in total. The number of nitrogens with zero attached hydrogens (tertiary/aromatic N) is 5. The summed E-state index contributed by atoms with van der Waals surface area (Å²) in [7, 11) is 1.92. The summed E-state index contributed by atoms with van der Waals surface area (Å²) < 4.78 is 5.90. The largest absolute Gasteiger partial charge is 0.309 e. The Kier molecular flexibility index (Phi) is 4.98. The smallest absolute Gasteiger partial charge is 0.138 e. The number of hydrogen-bond donors (Lipinski definition) is 1. The first-order chi connectivity index (χ1) is 9.26. The highest BCUT2D eigenvalue weighted by Gasteiger charge is 2.20. The SMILES string of the molecule is CCCNC(Cc1ncnn1C)c1snnc1CC. The molecule has 104 valence electrons. The van der Waals surface area contributed by atoms with Gasteiger partial charge in [0.1, 0.15) is 12.2 Å². The van der Waals surface area contributed by atoms with E-state index in [4.69, 9.17) is 0 Å². The van der Waals surface area contributed by atoms with Crippen molar-refractivity contribution in [1.29, 1.82) is 0 Å². The Labute approximate surface area is 117 Å². The predicted molar refractivity (Wildman–Crippen MR) is 75.0 cm³/mol. The highest BCUT2D eigenvalue weighted by atomic mass is 32.1. The highest BCUT2D eigenvalue weighted by Crippen LogP contribution is 2.23. The lowest BCUT2D eigenvalue weighted by molar-refractivity contribution is 0.509. The fourth-order valence-corrected chi connectivity index (χ4v) is 2.80. The van der Waals surface area contributed by atoms with Crippen LogP contribution in [0.2, 0.25) is 0 Å². The third-order valence-electron chi connectivity index (χ3n) is 3.07.